The Hall–Kier alpha value is -2.31. The van der Waals surface area contributed by atoms with E-state index in [0.717, 1.165) is 28.6 Å². The monoisotopic (exact) mass is 415 g/mol. The SMILES string of the molecule is COCOc1cc(-c2ccc(OC3CCc4cc(Br)ccc43)cc2)on1. The summed E-state index contributed by atoms with van der Waals surface area (Å²) >= 11 is 3.53. The van der Waals surface area contributed by atoms with Crippen LogP contribution in [0.1, 0.15) is 23.7 Å². The minimum absolute atomic E-state index is 0.100. The van der Waals surface area contributed by atoms with Crippen molar-refractivity contribution in [2.75, 3.05) is 13.9 Å². The molecule has 1 aliphatic rings. The first-order valence-electron chi connectivity index (χ1n) is 8.37. The van der Waals surface area contributed by atoms with E-state index < -0.39 is 0 Å². The molecule has 3 aromatic rings. The van der Waals surface area contributed by atoms with Crippen LogP contribution < -0.4 is 9.47 Å². The molecule has 1 unspecified atom stereocenters. The van der Waals surface area contributed by atoms with E-state index in [1.165, 1.54) is 11.1 Å². The zero-order chi connectivity index (χ0) is 17.9. The molecule has 6 heteroatoms. The van der Waals surface area contributed by atoms with E-state index in [4.69, 9.17) is 18.7 Å². The first-order chi connectivity index (χ1) is 12.7. The van der Waals surface area contributed by atoms with E-state index in [0.29, 0.717) is 11.6 Å². The Bertz CT molecular complexity index is 891. The molecule has 0 amide bonds. The number of ether oxygens (including phenoxy) is 3. The average molecular weight is 416 g/mol. The van der Waals surface area contributed by atoms with E-state index in [9.17, 15) is 0 Å². The number of aromatic nitrogens is 1. The van der Waals surface area contributed by atoms with Gasteiger partial charge in [0.15, 0.2) is 12.6 Å². The van der Waals surface area contributed by atoms with Crippen LogP contribution >= 0.6 is 15.9 Å². The number of hydrogen-bond acceptors (Lipinski definition) is 5. The van der Waals surface area contributed by atoms with E-state index in [1.807, 2.05) is 24.3 Å². The van der Waals surface area contributed by atoms with Gasteiger partial charge in [-0.25, -0.2) is 0 Å². The van der Waals surface area contributed by atoms with Crippen LogP contribution in [0.25, 0.3) is 11.3 Å². The highest BCUT2D eigenvalue weighted by Gasteiger charge is 2.24. The largest absolute Gasteiger partial charge is 0.486 e. The Morgan fingerprint density at radius 3 is 2.81 bits per heavy atom. The van der Waals surface area contributed by atoms with E-state index in [1.54, 1.807) is 13.2 Å². The first-order valence-corrected chi connectivity index (χ1v) is 9.16. The lowest BCUT2D eigenvalue weighted by Crippen LogP contribution is -2.03. The lowest BCUT2D eigenvalue weighted by Gasteiger charge is -2.15. The van der Waals surface area contributed by atoms with Gasteiger partial charge in [0.25, 0.3) is 5.88 Å². The summed E-state index contributed by atoms with van der Waals surface area (Å²) in [6.07, 6.45) is 2.14. The minimum Gasteiger partial charge on any atom is -0.486 e. The molecule has 0 radical (unpaired) electrons. The van der Waals surface area contributed by atoms with Crippen molar-refractivity contribution in [2.45, 2.75) is 18.9 Å². The molecule has 1 atom stereocenters. The average Bonchev–Trinajstić information content (AvgIpc) is 3.28. The van der Waals surface area contributed by atoms with Gasteiger partial charge in [0.2, 0.25) is 0 Å². The van der Waals surface area contributed by atoms with Gasteiger partial charge in [0, 0.05) is 23.2 Å². The van der Waals surface area contributed by atoms with Crippen molar-refractivity contribution in [1.82, 2.24) is 5.16 Å². The maximum atomic E-state index is 6.19. The zero-order valence-electron chi connectivity index (χ0n) is 14.3. The minimum atomic E-state index is 0.100. The molecule has 0 fully saturated rings. The number of halogens is 1. The summed E-state index contributed by atoms with van der Waals surface area (Å²) in [5, 5.41) is 3.86. The third kappa shape index (κ3) is 3.61. The van der Waals surface area contributed by atoms with Crippen molar-refractivity contribution >= 4 is 15.9 Å². The topological polar surface area (TPSA) is 53.7 Å². The first kappa shape index (κ1) is 17.1. The van der Waals surface area contributed by atoms with Crippen molar-refractivity contribution < 1.29 is 18.7 Å². The van der Waals surface area contributed by atoms with Crippen LogP contribution in [0, 0.1) is 0 Å². The zero-order valence-corrected chi connectivity index (χ0v) is 15.9. The molecule has 0 spiro atoms. The second-order valence-corrected chi connectivity index (χ2v) is 7.01. The molecule has 2 aromatic carbocycles. The molecule has 0 saturated carbocycles. The van der Waals surface area contributed by atoms with E-state index in [-0.39, 0.29) is 12.9 Å². The predicted octanol–water partition coefficient (Wildman–Crippen LogP) is 5.15. The summed E-state index contributed by atoms with van der Waals surface area (Å²) in [6, 6.07) is 15.9. The van der Waals surface area contributed by atoms with Gasteiger partial charge in [-0.05, 0) is 65.5 Å². The molecule has 1 aliphatic carbocycles. The number of hydrogen-bond donors (Lipinski definition) is 0. The van der Waals surface area contributed by atoms with Gasteiger partial charge in [-0.2, -0.15) is 0 Å². The third-order valence-corrected chi connectivity index (χ3v) is 4.85. The fourth-order valence-electron chi connectivity index (χ4n) is 3.11. The molecule has 4 rings (SSSR count). The van der Waals surface area contributed by atoms with Crippen molar-refractivity contribution in [1.29, 1.82) is 0 Å². The van der Waals surface area contributed by atoms with Crippen molar-refractivity contribution in [2.24, 2.45) is 0 Å². The molecule has 0 aliphatic heterocycles. The normalized spacial score (nSPS) is 15.7. The third-order valence-electron chi connectivity index (χ3n) is 4.36. The second-order valence-electron chi connectivity index (χ2n) is 6.09. The summed E-state index contributed by atoms with van der Waals surface area (Å²) in [7, 11) is 1.56. The molecule has 1 aromatic heterocycles. The van der Waals surface area contributed by atoms with Crippen molar-refractivity contribution in [3.8, 4) is 23.0 Å². The fourth-order valence-corrected chi connectivity index (χ4v) is 3.52. The van der Waals surface area contributed by atoms with Gasteiger partial charge in [-0.1, -0.05) is 22.0 Å². The Morgan fingerprint density at radius 1 is 1.15 bits per heavy atom. The molecule has 26 heavy (non-hydrogen) atoms. The highest BCUT2D eigenvalue weighted by molar-refractivity contribution is 9.10. The number of nitrogens with zero attached hydrogens (tertiary/aromatic N) is 1. The van der Waals surface area contributed by atoms with Crippen LogP contribution in [0.3, 0.4) is 0 Å². The molecule has 134 valence electrons. The van der Waals surface area contributed by atoms with Crippen LogP contribution in [0.2, 0.25) is 0 Å². The van der Waals surface area contributed by atoms with Crippen LogP contribution in [-0.2, 0) is 11.2 Å². The summed E-state index contributed by atoms with van der Waals surface area (Å²) in [4.78, 5) is 0. The van der Waals surface area contributed by atoms with Gasteiger partial charge in [0.1, 0.15) is 11.9 Å². The van der Waals surface area contributed by atoms with Gasteiger partial charge in [-0.3, -0.25) is 0 Å². The standard InChI is InChI=1S/C20H18BrNO4/c1-23-12-24-20-11-19(26-22-20)13-2-6-16(7-3-13)25-18-9-4-14-10-15(21)5-8-17(14)18/h2-3,5-8,10-11,18H,4,9,12H2,1H3. The van der Waals surface area contributed by atoms with E-state index in [2.05, 4.69) is 39.3 Å². The van der Waals surface area contributed by atoms with Crippen molar-refractivity contribution in [3.63, 3.8) is 0 Å². The molecule has 0 bridgehead atoms. The highest BCUT2D eigenvalue weighted by atomic mass is 79.9. The number of benzene rings is 2. The quantitative estimate of drug-likeness (QED) is 0.520. The maximum absolute atomic E-state index is 6.19. The summed E-state index contributed by atoms with van der Waals surface area (Å²) in [5.74, 6) is 1.87. The van der Waals surface area contributed by atoms with Gasteiger partial charge in [0.05, 0.1) is 0 Å². The Balaban J connectivity index is 1.45. The fraction of sp³-hybridized carbons (Fsp3) is 0.250. The number of fused-ring (bicyclic) bond motifs is 1. The van der Waals surface area contributed by atoms with Crippen LogP contribution in [-0.4, -0.2) is 19.1 Å². The van der Waals surface area contributed by atoms with Crippen LogP contribution in [0.15, 0.2) is 57.5 Å². The molecule has 1 heterocycles. The lowest BCUT2D eigenvalue weighted by molar-refractivity contribution is 0.0453. The predicted molar refractivity (Wildman–Crippen MR) is 100 cm³/mol. The molecule has 0 saturated heterocycles. The van der Waals surface area contributed by atoms with Gasteiger partial charge >= 0.3 is 0 Å². The molecule has 0 N–H and O–H groups in total. The molecular weight excluding hydrogens is 398 g/mol. The van der Waals surface area contributed by atoms with Crippen LogP contribution in [0.4, 0.5) is 0 Å². The molecule has 5 nitrogen and oxygen atoms in total. The highest BCUT2D eigenvalue weighted by Crippen LogP contribution is 2.36. The smallest absolute Gasteiger partial charge is 0.256 e. The Labute approximate surface area is 160 Å². The van der Waals surface area contributed by atoms with Crippen molar-refractivity contribution in [3.05, 3.63) is 64.1 Å². The summed E-state index contributed by atoms with van der Waals surface area (Å²) in [6.45, 7) is 0.137. The molecular formula is C20H18BrNO4. The van der Waals surface area contributed by atoms with Gasteiger partial charge in [-0.15, -0.1) is 0 Å². The number of aryl methyl sites for hydroxylation is 1. The van der Waals surface area contributed by atoms with E-state index >= 15 is 0 Å². The summed E-state index contributed by atoms with van der Waals surface area (Å²) in [5.41, 5.74) is 3.53. The Morgan fingerprint density at radius 2 is 2.00 bits per heavy atom. The lowest BCUT2D eigenvalue weighted by atomic mass is 10.1. The number of methoxy groups -OCH3 is 1. The summed E-state index contributed by atoms with van der Waals surface area (Å²) < 4.78 is 22.7. The Kier molecular flexibility index (Phi) is 4.95. The second kappa shape index (κ2) is 7.51. The number of rotatable bonds is 6. The van der Waals surface area contributed by atoms with Gasteiger partial charge < -0.3 is 18.7 Å². The maximum Gasteiger partial charge on any atom is 0.256 e. The van der Waals surface area contributed by atoms with Crippen LogP contribution in [0.5, 0.6) is 11.6 Å².